The Bertz CT molecular complexity index is 885. The molecule has 0 amide bonds. The molecule has 0 aliphatic carbocycles. The van der Waals surface area contributed by atoms with Gasteiger partial charge < -0.3 is 0 Å². The van der Waals surface area contributed by atoms with Gasteiger partial charge in [-0.2, -0.15) is 0 Å². The average molecular weight is 410 g/mol. The van der Waals surface area contributed by atoms with Crippen LogP contribution < -0.4 is 4.72 Å². The smallest absolute Gasteiger partial charge is 0.272 e. The first-order valence-electron chi connectivity index (χ1n) is 5.68. The van der Waals surface area contributed by atoms with E-state index < -0.39 is 19.9 Å². The second-order valence-corrected chi connectivity index (χ2v) is 10.1. The number of sulfone groups is 1. The summed E-state index contributed by atoms with van der Waals surface area (Å²) in [7, 11) is -7.16. The van der Waals surface area contributed by atoms with E-state index in [0.717, 1.165) is 17.6 Å². The maximum atomic E-state index is 12.3. The van der Waals surface area contributed by atoms with Gasteiger partial charge in [-0.05, 0) is 52.0 Å². The van der Waals surface area contributed by atoms with Crippen LogP contribution in [0.2, 0.25) is 0 Å². The molecule has 114 valence electrons. The van der Waals surface area contributed by atoms with Crippen molar-refractivity contribution in [3.63, 3.8) is 0 Å². The molecule has 0 unspecified atom stereocenters. The average Bonchev–Trinajstić information content (AvgIpc) is 2.77. The van der Waals surface area contributed by atoms with Crippen molar-refractivity contribution < 1.29 is 16.8 Å². The van der Waals surface area contributed by atoms with E-state index in [9.17, 15) is 16.8 Å². The van der Waals surface area contributed by atoms with Gasteiger partial charge >= 0.3 is 0 Å². The lowest BCUT2D eigenvalue weighted by Gasteiger charge is -2.11. The van der Waals surface area contributed by atoms with Crippen molar-refractivity contribution in [1.82, 2.24) is 0 Å². The molecule has 21 heavy (non-hydrogen) atoms. The van der Waals surface area contributed by atoms with Gasteiger partial charge in [0.2, 0.25) is 0 Å². The second-order valence-electron chi connectivity index (χ2n) is 4.41. The third kappa shape index (κ3) is 3.65. The highest BCUT2D eigenvalue weighted by atomic mass is 79.9. The van der Waals surface area contributed by atoms with Gasteiger partial charge in [0.1, 0.15) is 0 Å². The van der Waals surface area contributed by atoms with Gasteiger partial charge in [-0.3, -0.25) is 4.72 Å². The van der Waals surface area contributed by atoms with Crippen LogP contribution in [0.5, 0.6) is 0 Å². The molecule has 1 aromatic heterocycles. The topological polar surface area (TPSA) is 80.3 Å². The van der Waals surface area contributed by atoms with Crippen molar-refractivity contribution in [2.45, 2.75) is 16.0 Å². The van der Waals surface area contributed by atoms with Crippen LogP contribution in [0, 0.1) is 6.92 Å². The zero-order chi connectivity index (χ0) is 15.8. The van der Waals surface area contributed by atoms with Crippen molar-refractivity contribution in [1.29, 1.82) is 0 Å². The molecule has 5 nitrogen and oxygen atoms in total. The molecule has 0 spiro atoms. The zero-order valence-electron chi connectivity index (χ0n) is 11.1. The Labute approximate surface area is 136 Å². The summed E-state index contributed by atoms with van der Waals surface area (Å²) in [5.41, 5.74) is 0.886. The molecule has 1 aromatic carbocycles. The van der Waals surface area contributed by atoms with Crippen molar-refractivity contribution in [3.05, 3.63) is 39.7 Å². The van der Waals surface area contributed by atoms with Crippen LogP contribution in [0.15, 0.2) is 43.2 Å². The van der Waals surface area contributed by atoms with Crippen molar-refractivity contribution >= 4 is 52.8 Å². The Morgan fingerprint density at radius 1 is 1.14 bits per heavy atom. The Balaban J connectivity index is 2.47. The summed E-state index contributed by atoms with van der Waals surface area (Å²) in [5, 5.41) is 1.65. The Hall–Kier alpha value is -0.900. The fourth-order valence-corrected chi connectivity index (χ4v) is 5.71. The molecular weight excluding hydrogens is 398 g/mol. The molecule has 0 fully saturated rings. The summed E-state index contributed by atoms with van der Waals surface area (Å²) in [6, 6.07) is 5.98. The highest BCUT2D eigenvalue weighted by Gasteiger charge is 2.21. The van der Waals surface area contributed by atoms with Crippen LogP contribution >= 0.6 is 27.3 Å². The predicted octanol–water partition coefficient (Wildman–Crippen LogP) is 3.02. The van der Waals surface area contributed by atoms with E-state index in [-0.39, 0.29) is 14.8 Å². The van der Waals surface area contributed by atoms with Crippen LogP contribution in [0.1, 0.15) is 5.56 Å². The maximum absolute atomic E-state index is 12.3. The van der Waals surface area contributed by atoms with Crippen molar-refractivity contribution in [2.75, 3.05) is 11.0 Å². The first-order chi connectivity index (χ1) is 9.61. The van der Waals surface area contributed by atoms with Crippen molar-refractivity contribution in [3.8, 4) is 0 Å². The SMILES string of the molecule is Cc1ccc(S(C)(=O)=O)cc1NS(=O)(=O)c1sccc1Br. The summed E-state index contributed by atoms with van der Waals surface area (Å²) < 4.78 is 50.8. The van der Waals surface area contributed by atoms with Crippen LogP contribution in [0.25, 0.3) is 0 Å². The summed E-state index contributed by atoms with van der Waals surface area (Å²) in [6.45, 7) is 1.70. The Morgan fingerprint density at radius 3 is 2.33 bits per heavy atom. The number of hydrogen-bond donors (Lipinski definition) is 1. The fraction of sp³-hybridized carbons (Fsp3) is 0.167. The Morgan fingerprint density at radius 2 is 1.81 bits per heavy atom. The zero-order valence-corrected chi connectivity index (χ0v) is 15.2. The molecular formula is C12H12BrNO4S3. The second kappa shape index (κ2) is 5.71. The molecule has 0 aliphatic heterocycles. The first kappa shape index (κ1) is 16.5. The third-order valence-corrected chi connectivity index (χ3v) is 7.86. The molecule has 0 saturated heterocycles. The molecule has 0 radical (unpaired) electrons. The van der Waals surface area contributed by atoms with E-state index in [1.807, 2.05) is 0 Å². The minimum Gasteiger partial charge on any atom is -0.279 e. The summed E-state index contributed by atoms with van der Waals surface area (Å²) in [4.78, 5) is 0.0658. The quantitative estimate of drug-likeness (QED) is 0.840. The van der Waals surface area contributed by atoms with Gasteiger partial charge in [-0.1, -0.05) is 6.07 Å². The summed E-state index contributed by atoms with van der Waals surface area (Å²) in [6.07, 6.45) is 1.08. The minimum atomic E-state index is -3.76. The van der Waals surface area contributed by atoms with Crippen LogP contribution in [-0.2, 0) is 19.9 Å². The van der Waals surface area contributed by atoms with Crippen LogP contribution in [0.4, 0.5) is 5.69 Å². The molecule has 9 heteroatoms. The van der Waals surface area contributed by atoms with E-state index in [2.05, 4.69) is 20.7 Å². The third-order valence-electron chi connectivity index (χ3n) is 2.71. The highest BCUT2D eigenvalue weighted by Crippen LogP contribution is 2.30. The van der Waals surface area contributed by atoms with Gasteiger partial charge in [0.25, 0.3) is 10.0 Å². The molecule has 0 aliphatic rings. The van der Waals surface area contributed by atoms with Gasteiger partial charge in [0.05, 0.1) is 10.6 Å². The van der Waals surface area contributed by atoms with Gasteiger partial charge in [-0.25, -0.2) is 16.8 Å². The number of aryl methyl sites for hydroxylation is 1. The number of rotatable bonds is 4. The lowest BCUT2D eigenvalue weighted by Crippen LogP contribution is -2.13. The lowest BCUT2D eigenvalue weighted by atomic mass is 10.2. The standard InChI is InChI=1S/C12H12BrNO4S3/c1-8-3-4-9(20(2,15)16)7-11(8)14-21(17,18)12-10(13)5-6-19-12/h3-7,14H,1-2H3. The number of thiophene rings is 1. The molecule has 2 rings (SSSR count). The number of nitrogens with one attached hydrogen (secondary N) is 1. The highest BCUT2D eigenvalue weighted by molar-refractivity contribution is 9.10. The minimum absolute atomic E-state index is 0.0658. The molecule has 1 heterocycles. The van der Waals surface area contributed by atoms with Crippen LogP contribution in [0.3, 0.4) is 0 Å². The maximum Gasteiger partial charge on any atom is 0.272 e. The van der Waals surface area contributed by atoms with E-state index in [4.69, 9.17) is 0 Å². The summed E-state index contributed by atoms with van der Waals surface area (Å²) in [5.74, 6) is 0. The number of sulfonamides is 1. The van der Waals surface area contributed by atoms with E-state index in [1.54, 1.807) is 24.4 Å². The molecule has 1 N–H and O–H groups in total. The fourth-order valence-electron chi connectivity index (χ4n) is 1.60. The largest absolute Gasteiger partial charge is 0.279 e. The van der Waals surface area contributed by atoms with Crippen molar-refractivity contribution in [2.24, 2.45) is 0 Å². The van der Waals surface area contributed by atoms with E-state index in [0.29, 0.717) is 10.0 Å². The normalized spacial score (nSPS) is 12.3. The van der Waals surface area contributed by atoms with E-state index >= 15 is 0 Å². The summed E-state index contributed by atoms with van der Waals surface area (Å²) >= 11 is 4.25. The van der Waals surface area contributed by atoms with Gasteiger partial charge in [0.15, 0.2) is 14.0 Å². The molecule has 2 aromatic rings. The monoisotopic (exact) mass is 409 g/mol. The number of anilines is 1. The Kier molecular flexibility index (Phi) is 4.48. The number of benzene rings is 1. The predicted molar refractivity (Wildman–Crippen MR) is 87.1 cm³/mol. The lowest BCUT2D eigenvalue weighted by molar-refractivity contribution is 0.599. The van der Waals surface area contributed by atoms with E-state index in [1.165, 1.54) is 12.1 Å². The molecule has 0 bridgehead atoms. The van der Waals surface area contributed by atoms with Gasteiger partial charge in [-0.15, -0.1) is 11.3 Å². The molecule has 0 atom stereocenters. The number of hydrogen-bond acceptors (Lipinski definition) is 5. The first-order valence-corrected chi connectivity index (χ1v) is 10.7. The number of halogens is 1. The van der Waals surface area contributed by atoms with Crippen LogP contribution in [-0.4, -0.2) is 23.1 Å². The van der Waals surface area contributed by atoms with Gasteiger partial charge in [0, 0.05) is 10.7 Å². The molecule has 0 saturated carbocycles.